The molecule has 0 spiro atoms. The molecular weight excluding hydrogens is 608 g/mol. The van der Waals surface area contributed by atoms with Crippen LogP contribution in [0.5, 0.6) is 11.5 Å². The van der Waals surface area contributed by atoms with Gasteiger partial charge in [-0.2, -0.15) is 0 Å². The van der Waals surface area contributed by atoms with Crippen LogP contribution in [0.3, 0.4) is 0 Å². The van der Waals surface area contributed by atoms with E-state index in [1.807, 2.05) is 50.2 Å². The molecule has 1 aliphatic heterocycles. The molecular formula is C36H31FN2O4S2. The van der Waals surface area contributed by atoms with Crippen molar-refractivity contribution in [3.63, 3.8) is 0 Å². The highest BCUT2D eigenvalue weighted by atomic mass is 32.2. The second-order valence-corrected chi connectivity index (χ2v) is 11.9. The summed E-state index contributed by atoms with van der Waals surface area (Å²) < 4.78 is 25.9. The maximum atomic E-state index is 13.6. The lowest BCUT2D eigenvalue weighted by molar-refractivity contribution is -0.113. The van der Waals surface area contributed by atoms with Gasteiger partial charge in [0.15, 0.2) is 15.8 Å². The van der Waals surface area contributed by atoms with Gasteiger partial charge >= 0.3 is 0 Å². The Hall–Kier alpha value is -4.73. The minimum absolute atomic E-state index is 0.302. The van der Waals surface area contributed by atoms with Crippen LogP contribution in [0.15, 0.2) is 102 Å². The number of carbonyl (C=O) groups is 2. The summed E-state index contributed by atoms with van der Waals surface area (Å²) in [5.41, 5.74) is 5.10. The van der Waals surface area contributed by atoms with Crippen molar-refractivity contribution in [1.82, 2.24) is 0 Å². The number of hydrogen-bond acceptors (Lipinski definition) is 6. The molecule has 0 atom stereocenters. The molecule has 228 valence electrons. The standard InChI is InChI=1S/C36H31FN2O4S2/c1-4-7-26-18-25(19-31(42-5-2)33(26)43-22-24-12-10-23(3)11-13-24)20-32-35(41)39(36(44)45-32)30-9-6-8-27(21-30)34(40)38-29-16-14-28(37)15-17-29/h4,6,8-21H,1,5,7,22H2,2-3H3,(H,38,40)/b32-20+. The molecule has 5 rings (SSSR count). The quantitative estimate of drug-likeness (QED) is 0.101. The smallest absolute Gasteiger partial charge is 0.270 e. The largest absolute Gasteiger partial charge is 0.490 e. The summed E-state index contributed by atoms with van der Waals surface area (Å²) in [6.07, 6.45) is 4.12. The normalized spacial score (nSPS) is 13.7. The topological polar surface area (TPSA) is 67.9 Å². The number of hydrogen-bond donors (Lipinski definition) is 1. The van der Waals surface area contributed by atoms with Crippen molar-refractivity contribution in [2.45, 2.75) is 26.9 Å². The van der Waals surface area contributed by atoms with Gasteiger partial charge in [0.2, 0.25) is 0 Å². The molecule has 0 aromatic heterocycles. The van der Waals surface area contributed by atoms with E-state index in [1.54, 1.807) is 36.4 Å². The fraction of sp³-hybridized carbons (Fsp3) is 0.139. The summed E-state index contributed by atoms with van der Waals surface area (Å²) in [6.45, 7) is 8.67. The number of thioether (sulfide) groups is 1. The Kier molecular flexibility index (Phi) is 10.1. The van der Waals surface area contributed by atoms with Gasteiger partial charge in [0.1, 0.15) is 12.4 Å². The molecule has 1 aliphatic rings. The molecule has 1 N–H and O–H groups in total. The minimum atomic E-state index is -0.397. The van der Waals surface area contributed by atoms with Gasteiger partial charge in [-0.1, -0.05) is 66.0 Å². The molecule has 0 radical (unpaired) electrons. The van der Waals surface area contributed by atoms with Gasteiger partial charge in [0.25, 0.3) is 11.8 Å². The highest BCUT2D eigenvalue weighted by molar-refractivity contribution is 8.27. The van der Waals surface area contributed by atoms with E-state index >= 15 is 0 Å². The van der Waals surface area contributed by atoms with Crippen molar-refractivity contribution in [2.24, 2.45) is 0 Å². The molecule has 4 aromatic carbocycles. The molecule has 0 bridgehead atoms. The lowest BCUT2D eigenvalue weighted by Gasteiger charge is -2.17. The first-order valence-electron chi connectivity index (χ1n) is 14.3. The second kappa shape index (κ2) is 14.4. The Bertz CT molecular complexity index is 1790. The van der Waals surface area contributed by atoms with E-state index in [-0.39, 0.29) is 5.91 Å². The number of halogens is 1. The Morgan fingerprint density at radius 3 is 2.51 bits per heavy atom. The van der Waals surface area contributed by atoms with Gasteiger partial charge in [0.05, 0.1) is 17.2 Å². The number of benzene rings is 4. The molecule has 45 heavy (non-hydrogen) atoms. The average Bonchev–Trinajstić information content (AvgIpc) is 3.30. The molecule has 0 unspecified atom stereocenters. The molecule has 2 amide bonds. The highest BCUT2D eigenvalue weighted by Gasteiger charge is 2.33. The van der Waals surface area contributed by atoms with Crippen LogP contribution in [0, 0.1) is 12.7 Å². The second-order valence-electron chi connectivity index (χ2n) is 10.2. The van der Waals surface area contributed by atoms with Gasteiger partial charge in [-0.3, -0.25) is 14.5 Å². The zero-order chi connectivity index (χ0) is 31.9. The molecule has 1 fully saturated rings. The first-order valence-corrected chi connectivity index (χ1v) is 15.5. The Balaban J connectivity index is 1.39. The summed E-state index contributed by atoms with van der Waals surface area (Å²) in [6, 6.07) is 24.1. The SMILES string of the molecule is C=CCc1cc(/C=C2/SC(=S)N(c3cccc(C(=O)Nc4ccc(F)cc4)c3)C2=O)cc(OCC)c1OCc1ccc(C)cc1. The number of thiocarbonyl (C=S) groups is 1. The van der Waals surface area contributed by atoms with Crippen LogP contribution in [0.4, 0.5) is 15.8 Å². The van der Waals surface area contributed by atoms with Crippen molar-refractivity contribution in [3.8, 4) is 11.5 Å². The number of aryl methyl sites for hydroxylation is 1. The van der Waals surface area contributed by atoms with Gasteiger partial charge in [-0.15, -0.1) is 6.58 Å². The van der Waals surface area contributed by atoms with E-state index in [9.17, 15) is 14.0 Å². The van der Waals surface area contributed by atoms with Crippen LogP contribution in [0.25, 0.3) is 6.08 Å². The van der Waals surface area contributed by atoms with Gasteiger partial charge in [0, 0.05) is 16.8 Å². The van der Waals surface area contributed by atoms with E-state index in [4.69, 9.17) is 21.7 Å². The number of carbonyl (C=O) groups excluding carboxylic acids is 2. The molecule has 9 heteroatoms. The number of allylic oxidation sites excluding steroid dienone is 1. The molecule has 0 aliphatic carbocycles. The minimum Gasteiger partial charge on any atom is -0.490 e. The average molecular weight is 639 g/mol. The van der Waals surface area contributed by atoms with Crippen molar-refractivity contribution >= 4 is 57.6 Å². The highest BCUT2D eigenvalue weighted by Crippen LogP contribution is 2.39. The Morgan fingerprint density at radius 2 is 1.80 bits per heavy atom. The third kappa shape index (κ3) is 7.68. The van der Waals surface area contributed by atoms with E-state index in [1.165, 1.54) is 46.5 Å². The van der Waals surface area contributed by atoms with Crippen LogP contribution < -0.4 is 19.7 Å². The van der Waals surface area contributed by atoms with Gasteiger partial charge in [-0.25, -0.2) is 4.39 Å². The molecule has 4 aromatic rings. The van der Waals surface area contributed by atoms with Crippen molar-refractivity contribution in [1.29, 1.82) is 0 Å². The van der Waals surface area contributed by atoms with Gasteiger partial charge < -0.3 is 14.8 Å². The van der Waals surface area contributed by atoms with E-state index in [0.717, 1.165) is 16.7 Å². The first-order chi connectivity index (χ1) is 21.7. The Labute approximate surface area is 271 Å². The number of rotatable bonds is 11. The maximum absolute atomic E-state index is 13.6. The number of anilines is 2. The number of nitrogens with one attached hydrogen (secondary N) is 1. The third-order valence-corrected chi connectivity index (χ3v) is 8.18. The zero-order valence-electron chi connectivity index (χ0n) is 24.8. The van der Waals surface area contributed by atoms with Crippen molar-refractivity contribution in [2.75, 3.05) is 16.8 Å². The summed E-state index contributed by atoms with van der Waals surface area (Å²) in [4.78, 5) is 28.4. The van der Waals surface area contributed by atoms with Crippen LogP contribution in [-0.2, 0) is 17.8 Å². The Morgan fingerprint density at radius 1 is 1.04 bits per heavy atom. The summed E-state index contributed by atoms with van der Waals surface area (Å²) in [5.74, 6) is 0.116. The fourth-order valence-corrected chi connectivity index (χ4v) is 6.00. The maximum Gasteiger partial charge on any atom is 0.270 e. The number of ether oxygens (including phenoxy) is 2. The number of nitrogens with zero attached hydrogens (tertiary/aromatic N) is 1. The monoisotopic (exact) mass is 638 g/mol. The van der Waals surface area contributed by atoms with Crippen LogP contribution in [0.1, 0.15) is 39.5 Å². The lowest BCUT2D eigenvalue weighted by atomic mass is 10.0. The van der Waals surface area contributed by atoms with Crippen LogP contribution >= 0.6 is 24.0 Å². The summed E-state index contributed by atoms with van der Waals surface area (Å²) in [5, 5.41) is 2.74. The molecule has 1 saturated heterocycles. The lowest BCUT2D eigenvalue weighted by Crippen LogP contribution is -2.27. The predicted octanol–water partition coefficient (Wildman–Crippen LogP) is 8.50. The number of amides is 2. The molecule has 1 heterocycles. The molecule has 0 saturated carbocycles. The predicted molar refractivity (Wildman–Crippen MR) is 183 cm³/mol. The van der Waals surface area contributed by atoms with E-state index < -0.39 is 11.7 Å². The summed E-state index contributed by atoms with van der Waals surface area (Å²) in [7, 11) is 0. The zero-order valence-corrected chi connectivity index (χ0v) is 26.5. The van der Waals surface area contributed by atoms with Gasteiger partial charge in [-0.05, 0) is 92.1 Å². The third-order valence-electron chi connectivity index (χ3n) is 6.88. The van der Waals surface area contributed by atoms with Crippen LogP contribution in [-0.4, -0.2) is 22.7 Å². The first kappa shape index (κ1) is 31.7. The van der Waals surface area contributed by atoms with E-state index in [0.29, 0.717) is 57.3 Å². The molecule has 6 nitrogen and oxygen atoms in total. The van der Waals surface area contributed by atoms with Crippen molar-refractivity contribution < 1.29 is 23.5 Å². The summed E-state index contributed by atoms with van der Waals surface area (Å²) >= 11 is 6.78. The van der Waals surface area contributed by atoms with Crippen molar-refractivity contribution in [3.05, 3.63) is 136 Å². The van der Waals surface area contributed by atoms with Crippen LogP contribution in [0.2, 0.25) is 0 Å². The fourth-order valence-electron chi connectivity index (χ4n) is 4.70. The van der Waals surface area contributed by atoms with E-state index in [2.05, 4.69) is 11.9 Å².